The van der Waals surface area contributed by atoms with Crippen LogP contribution in [0.4, 0.5) is 4.79 Å². The molecular weight excluding hydrogens is 412 g/mol. The van der Waals surface area contributed by atoms with Gasteiger partial charge < -0.3 is 24.8 Å². The molecule has 0 bridgehead atoms. The summed E-state index contributed by atoms with van der Waals surface area (Å²) in [6, 6.07) is 5.17. The van der Waals surface area contributed by atoms with Gasteiger partial charge in [0.2, 0.25) is 5.91 Å². The van der Waals surface area contributed by atoms with Crippen molar-refractivity contribution in [3.8, 4) is 11.5 Å². The van der Waals surface area contributed by atoms with Crippen molar-refractivity contribution in [2.45, 2.75) is 65.0 Å². The molecule has 32 heavy (non-hydrogen) atoms. The number of ether oxygens (including phenoxy) is 3. The minimum Gasteiger partial charge on any atom is -0.493 e. The highest BCUT2D eigenvalue weighted by molar-refractivity contribution is 5.92. The summed E-state index contributed by atoms with van der Waals surface area (Å²) in [6.07, 6.45) is 6.76. The summed E-state index contributed by atoms with van der Waals surface area (Å²) >= 11 is 0. The van der Waals surface area contributed by atoms with E-state index >= 15 is 0 Å². The summed E-state index contributed by atoms with van der Waals surface area (Å²) in [6.45, 7) is 7.08. The lowest BCUT2D eigenvalue weighted by molar-refractivity contribution is -0.133. The molecule has 1 aromatic carbocycles. The van der Waals surface area contributed by atoms with Gasteiger partial charge in [-0.05, 0) is 76.1 Å². The van der Waals surface area contributed by atoms with E-state index in [1.807, 2.05) is 0 Å². The number of hydrogen-bond donors (Lipinski definition) is 2. The zero-order valence-electron chi connectivity index (χ0n) is 19.5. The highest BCUT2D eigenvalue weighted by atomic mass is 16.6. The van der Waals surface area contributed by atoms with Gasteiger partial charge in [-0.25, -0.2) is 9.59 Å². The maximum atomic E-state index is 12.2. The first-order chi connectivity index (χ1) is 15.1. The first-order valence-electron chi connectivity index (χ1n) is 10.9. The van der Waals surface area contributed by atoms with Gasteiger partial charge in [-0.1, -0.05) is 13.0 Å². The molecule has 8 nitrogen and oxygen atoms in total. The lowest BCUT2D eigenvalue weighted by Gasteiger charge is -2.26. The first kappa shape index (κ1) is 25.2. The van der Waals surface area contributed by atoms with Crippen LogP contribution >= 0.6 is 0 Å². The maximum absolute atomic E-state index is 12.2. The number of hydrogen-bond acceptors (Lipinski definition) is 6. The minimum atomic E-state index is -0.706. The number of carbonyl (C=O) groups is 3. The Labute approximate surface area is 189 Å². The molecule has 1 aromatic rings. The third-order valence-electron chi connectivity index (χ3n) is 4.98. The molecule has 1 saturated carbocycles. The second kappa shape index (κ2) is 11.5. The molecule has 0 radical (unpaired) electrons. The average molecular weight is 447 g/mol. The van der Waals surface area contributed by atoms with Crippen LogP contribution in [0.1, 0.15) is 58.9 Å². The summed E-state index contributed by atoms with van der Waals surface area (Å²) in [7, 11) is 1.45. The zero-order chi connectivity index (χ0) is 23.7. The van der Waals surface area contributed by atoms with Gasteiger partial charge in [0.1, 0.15) is 12.1 Å². The molecule has 0 aromatic heterocycles. The van der Waals surface area contributed by atoms with Crippen molar-refractivity contribution in [2.75, 3.05) is 13.7 Å². The topological polar surface area (TPSA) is 103 Å². The molecule has 0 aliphatic heterocycles. The number of benzene rings is 1. The van der Waals surface area contributed by atoms with Gasteiger partial charge >= 0.3 is 12.1 Å². The lowest BCUT2D eigenvalue weighted by Crippen LogP contribution is -2.36. The Morgan fingerprint density at radius 2 is 1.78 bits per heavy atom. The standard InChI is InChI=1S/C24H34N2O6/c1-16-6-10-18(11-7-16)26-21(27)13-9-17-8-12-19(20(14-17)30-5)31-22(28)15-25-23(29)32-24(2,3)4/h8-9,12-14,16,18H,6-7,10-11,15H2,1-5H3,(H,25,29)(H,26,27)/b13-9+. The molecule has 1 fully saturated rings. The van der Waals surface area contributed by atoms with Crippen LogP contribution in [0.5, 0.6) is 11.5 Å². The molecule has 176 valence electrons. The van der Waals surface area contributed by atoms with Crippen LogP contribution in [0.25, 0.3) is 6.08 Å². The molecule has 0 unspecified atom stereocenters. The molecule has 1 aliphatic rings. The van der Waals surface area contributed by atoms with Crippen molar-refractivity contribution in [1.29, 1.82) is 0 Å². The van der Waals surface area contributed by atoms with Gasteiger partial charge in [-0.2, -0.15) is 0 Å². The highest BCUT2D eigenvalue weighted by Crippen LogP contribution is 2.29. The number of esters is 1. The number of rotatable bonds is 7. The normalized spacial score (nSPS) is 18.7. The van der Waals surface area contributed by atoms with Crippen molar-refractivity contribution in [2.24, 2.45) is 5.92 Å². The molecule has 0 atom stereocenters. The van der Waals surface area contributed by atoms with E-state index in [9.17, 15) is 14.4 Å². The van der Waals surface area contributed by atoms with Crippen molar-refractivity contribution < 1.29 is 28.6 Å². The predicted molar refractivity (Wildman–Crippen MR) is 121 cm³/mol. The second-order valence-corrected chi connectivity index (χ2v) is 9.04. The van der Waals surface area contributed by atoms with Crippen LogP contribution in [-0.4, -0.2) is 43.3 Å². The van der Waals surface area contributed by atoms with E-state index in [-0.39, 0.29) is 24.2 Å². The molecule has 0 saturated heterocycles. The van der Waals surface area contributed by atoms with Crippen LogP contribution in [0, 0.1) is 5.92 Å². The van der Waals surface area contributed by atoms with Crippen molar-refractivity contribution in [3.05, 3.63) is 29.8 Å². The SMILES string of the molecule is COc1cc(/C=C/C(=O)NC2CCC(C)CC2)ccc1OC(=O)CNC(=O)OC(C)(C)C. The highest BCUT2D eigenvalue weighted by Gasteiger charge is 2.19. The number of carbonyl (C=O) groups excluding carboxylic acids is 3. The van der Waals surface area contributed by atoms with Gasteiger partial charge in [-0.3, -0.25) is 4.79 Å². The third kappa shape index (κ3) is 8.99. The average Bonchev–Trinajstić information content (AvgIpc) is 2.72. The van der Waals surface area contributed by atoms with Crippen LogP contribution in [-0.2, 0) is 14.3 Å². The molecule has 2 N–H and O–H groups in total. The van der Waals surface area contributed by atoms with E-state index in [1.54, 1.807) is 45.0 Å². The number of nitrogens with one attached hydrogen (secondary N) is 2. The van der Waals surface area contributed by atoms with Gasteiger partial charge in [0.25, 0.3) is 0 Å². The van der Waals surface area contributed by atoms with Crippen molar-refractivity contribution >= 4 is 24.0 Å². The summed E-state index contributed by atoms with van der Waals surface area (Å²) < 4.78 is 15.6. The molecular formula is C24H34N2O6. The Balaban J connectivity index is 1.88. The third-order valence-corrected chi connectivity index (χ3v) is 4.98. The molecule has 1 aliphatic carbocycles. The molecule has 2 rings (SSSR count). The van der Waals surface area contributed by atoms with E-state index in [0.717, 1.165) is 37.2 Å². The monoisotopic (exact) mass is 446 g/mol. The fourth-order valence-corrected chi connectivity index (χ4v) is 3.32. The zero-order valence-corrected chi connectivity index (χ0v) is 19.5. The van der Waals surface area contributed by atoms with Crippen LogP contribution in [0.3, 0.4) is 0 Å². The Morgan fingerprint density at radius 1 is 1.09 bits per heavy atom. The minimum absolute atomic E-state index is 0.132. The smallest absolute Gasteiger partial charge is 0.408 e. The van der Waals surface area contributed by atoms with Crippen molar-refractivity contribution in [3.63, 3.8) is 0 Å². The van der Waals surface area contributed by atoms with Gasteiger partial charge in [0, 0.05) is 12.1 Å². The summed E-state index contributed by atoms with van der Waals surface area (Å²) in [5, 5.41) is 5.39. The summed E-state index contributed by atoms with van der Waals surface area (Å²) in [4.78, 5) is 35.9. The summed E-state index contributed by atoms with van der Waals surface area (Å²) in [5.41, 5.74) is 0.0628. The maximum Gasteiger partial charge on any atom is 0.408 e. The van der Waals surface area contributed by atoms with Crippen LogP contribution in [0.2, 0.25) is 0 Å². The Kier molecular flexibility index (Phi) is 9.11. The Bertz CT molecular complexity index is 835. The quantitative estimate of drug-likeness (QED) is 0.375. The number of amides is 2. The van der Waals surface area contributed by atoms with Gasteiger partial charge in [0.05, 0.1) is 7.11 Å². The Morgan fingerprint density at radius 3 is 2.41 bits per heavy atom. The summed E-state index contributed by atoms with van der Waals surface area (Å²) in [5.74, 6) is 0.471. The van der Waals surface area contributed by atoms with E-state index in [2.05, 4.69) is 17.6 Å². The van der Waals surface area contributed by atoms with Crippen LogP contribution < -0.4 is 20.1 Å². The fourth-order valence-electron chi connectivity index (χ4n) is 3.32. The predicted octanol–water partition coefficient (Wildman–Crippen LogP) is 3.83. The Hall–Kier alpha value is -3.03. The number of alkyl carbamates (subject to hydrolysis) is 1. The molecule has 0 heterocycles. The van der Waals surface area contributed by atoms with E-state index < -0.39 is 17.7 Å². The van der Waals surface area contributed by atoms with Gasteiger partial charge in [-0.15, -0.1) is 0 Å². The van der Waals surface area contributed by atoms with Crippen molar-refractivity contribution in [1.82, 2.24) is 10.6 Å². The molecule has 2 amide bonds. The second-order valence-electron chi connectivity index (χ2n) is 9.04. The molecule has 0 spiro atoms. The van der Waals surface area contributed by atoms with Crippen LogP contribution in [0.15, 0.2) is 24.3 Å². The lowest BCUT2D eigenvalue weighted by atomic mass is 9.87. The fraction of sp³-hybridized carbons (Fsp3) is 0.542. The largest absolute Gasteiger partial charge is 0.493 e. The van der Waals surface area contributed by atoms with E-state index in [4.69, 9.17) is 14.2 Å². The van der Waals surface area contributed by atoms with E-state index in [1.165, 1.54) is 13.2 Å². The van der Waals surface area contributed by atoms with Gasteiger partial charge in [0.15, 0.2) is 11.5 Å². The molecule has 8 heteroatoms. The first-order valence-corrected chi connectivity index (χ1v) is 10.9. The number of methoxy groups -OCH3 is 1. The van der Waals surface area contributed by atoms with E-state index in [0.29, 0.717) is 5.75 Å².